The summed E-state index contributed by atoms with van der Waals surface area (Å²) in [5.74, 6) is 2.21. The first-order valence-corrected chi connectivity index (χ1v) is 8.28. The highest BCUT2D eigenvalue weighted by atomic mass is 16.5. The summed E-state index contributed by atoms with van der Waals surface area (Å²) < 4.78 is 15.8. The summed E-state index contributed by atoms with van der Waals surface area (Å²) in [4.78, 5) is 11.9. The quantitative estimate of drug-likeness (QED) is 0.799. The predicted octanol–water partition coefficient (Wildman–Crippen LogP) is 2.57. The molecule has 1 aliphatic heterocycles. The molecule has 0 unspecified atom stereocenters. The van der Waals surface area contributed by atoms with Gasteiger partial charge in [0.25, 0.3) is 0 Å². The Hall–Kier alpha value is -1.75. The van der Waals surface area contributed by atoms with E-state index in [1.54, 1.807) is 14.2 Å². The van der Waals surface area contributed by atoms with E-state index in [-0.39, 0.29) is 5.91 Å². The molecule has 128 valence electrons. The highest BCUT2D eigenvalue weighted by Crippen LogP contribution is 2.27. The van der Waals surface area contributed by atoms with Crippen LogP contribution < -0.4 is 14.8 Å². The van der Waals surface area contributed by atoms with Gasteiger partial charge in [-0.1, -0.05) is 6.07 Å². The van der Waals surface area contributed by atoms with Crippen LogP contribution in [0.3, 0.4) is 0 Å². The molecule has 5 heteroatoms. The van der Waals surface area contributed by atoms with Crippen molar-refractivity contribution in [3.05, 3.63) is 23.8 Å². The van der Waals surface area contributed by atoms with Gasteiger partial charge >= 0.3 is 0 Å². The smallest absolute Gasteiger partial charge is 0.220 e. The highest BCUT2D eigenvalue weighted by Gasteiger charge is 2.15. The highest BCUT2D eigenvalue weighted by molar-refractivity contribution is 5.75. The van der Waals surface area contributed by atoms with Crippen molar-refractivity contribution < 1.29 is 19.0 Å². The lowest BCUT2D eigenvalue weighted by Gasteiger charge is -2.21. The first kappa shape index (κ1) is 17.6. The molecular formula is C18H27NO4. The number of ether oxygens (including phenoxy) is 3. The molecule has 1 N–H and O–H groups in total. The van der Waals surface area contributed by atoms with E-state index in [1.165, 1.54) is 0 Å². The van der Waals surface area contributed by atoms with Gasteiger partial charge in [-0.25, -0.2) is 0 Å². The Morgan fingerprint density at radius 2 is 1.96 bits per heavy atom. The first-order valence-electron chi connectivity index (χ1n) is 8.28. The molecule has 1 heterocycles. The number of rotatable bonds is 8. The third-order valence-electron chi connectivity index (χ3n) is 4.30. The molecule has 0 saturated carbocycles. The first-order chi connectivity index (χ1) is 11.2. The van der Waals surface area contributed by atoms with Crippen LogP contribution in [0.1, 0.15) is 31.2 Å². The van der Waals surface area contributed by atoms with E-state index in [9.17, 15) is 4.79 Å². The molecule has 5 nitrogen and oxygen atoms in total. The molecule has 0 bridgehead atoms. The molecule has 0 atom stereocenters. The van der Waals surface area contributed by atoms with Crippen LogP contribution in [-0.2, 0) is 16.0 Å². The van der Waals surface area contributed by atoms with E-state index < -0.39 is 0 Å². The van der Waals surface area contributed by atoms with Gasteiger partial charge in [0.05, 0.1) is 14.2 Å². The second kappa shape index (κ2) is 9.40. The summed E-state index contributed by atoms with van der Waals surface area (Å²) >= 11 is 0. The van der Waals surface area contributed by atoms with E-state index in [1.807, 2.05) is 18.2 Å². The monoisotopic (exact) mass is 321 g/mol. The van der Waals surface area contributed by atoms with Gasteiger partial charge in [-0.3, -0.25) is 4.79 Å². The molecule has 1 saturated heterocycles. The molecular weight excluding hydrogens is 294 g/mol. The van der Waals surface area contributed by atoms with E-state index in [4.69, 9.17) is 14.2 Å². The summed E-state index contributed by atoms with van der Waals surface area (Å²) in [6, 6.07) is 5.84. The Balaban J connectivity index is 1.68. The predicted molar refractivity (Wildman–Crippen MR) is 89.0 cm³/mol. The molecule has 0 aromatic heterocycles. The van der Waals surface area contributed by atoms with E-state index in [0.29, 0.717) is 18.9 Å². The van der Waals surface area contributed by atoms with Crippen LogP contribution in [0.15, 0.2) is 18.2 Å². The van der Waals surface area contributed by atoms with E-state index in [2.05, 4.69) is 5.32 Å². The summed E-state index contributed by atoms with van der Waals surface area (Å²) in [5.41, 5.74) is 1.12. The fourth-order valence-corrected chi connectivity index (χ4v) is 2.84. The number of benzene rings is 1. The second-order valence-corrected chi connectivity index (χ2v) is 5.88. The van der Waals surface area contributed by atoms with Crippen molar-refractivity contribution in [2.24, 2.45) is 5.92 Å². The zero-order valence-corrected chi connectivity index (χ0v) is 14.1. The maximum atomic E-state index is 11.9. The minimum Gasteiger partial charge on any atom is -0.493 e. The lowest BCUT2D eigenvalue weighted by atomic mass is 9.95. The maximum Gasteiger partial charge on any atom is 0.220 e. The van der Waals surface area contributed by atoms with E-state index in [0.717, 1.165) is 56.0 Å². The fraction of sp³-hybridized carbons (Fsp3) is 0.611. The van der Waals surface area contributed by atoms with Crippen LogP contribution in [0.2, 0.25) is 0 Å². The van der Waals surface area contributed by atoms with Crippen molar-refractivity contribution in [1.82, 2.24) is 5.32 Å². The lowest BCUT2D eigenvalue weighted by molar-refractivity contribution is -0.121. The topological polar surface area (TPSA) is 56.8 Å². The number of methoxy groups -OCH3 is 2. The number of nitrogens with one attached hydrogen (secondary N) is 1. The van der Waals surface area contributed by atoms with Gasteiger partial charge < -0.3 is 19.5 Å². The number of amides is 1. The number of hydrogen-bond donors (Lipinski definition) is 1. The summed E-state index contributed by atoms with van der Waals surface area (Å²) in [7, 11) is 3.25. The standard InChI is InChI=1S/C18H27NO4/c1-21-16-5-3-15(13-17(16)22-2)7-10-19-18(20)6-4-14-8-11-23-12-9-14/h3,5,13-14H,4,6-12H2,1-2H3,(H,19,20). The van der Waals surface area contributed by atoms with Crippen molar-refractivity contribution in [2.45, 2.75) is 32.1 Å². The Morgan fingerprint density at radius 3 is 2.65 bits per heavy atom. The normalized spacial score (nSPS) is 15.2. The van der Waals surface area contributed by atoms with Gasteiger partial charge in [0.1, 0.15) is 0 Å². The summed E-state index contributed by atoms with van der Waals surface area (Å²) in [6.07, 6.45) is 4.52. The van der Waals surface area contributed by atoms with Crippen LogP contribution in [0.5, 0.6) is 11.5 Å². The molecule has 0 radical (unpaired) electrons. The minimum absolute atomic E-state index is 0.136. The molecule has 1 fully saturated rings. The molecule has 1 aliphatic rings. The largest absolute Gasteiger partial charge is 0.493 e. The van der Waals surface area contributed by atoms with Crippen LogP contribution in [0.25, 0.3) is 0 Å². The minimum atomic E-state index is 0.136. The van der Waals surface area contributed by atoms with Gasteiger partial charge in [-0.05, 0) is 49.3 Å². The van der Waals surface area contributed by atoms with Crippen molar-refractivity contribution in [1.29, 1.82) is 0 Å². The average Bonchev–Trinajstić information content (AvgIpc) is 2.60. The third-order valence-corrected chi connectivity index (χ3v) is 4.30. The molecule has 1 amide bonds. The van der Waals surface area contributed by atoms with Crippen LogP contribution in [0, 0.1) is 5.92 Å². The summed E-state index contributed by atoms with van der Waals surface area (Å²) in [5, 5.41) is 2.99. The molecule has 1 aromatic rings. The molecule has 0 spiro atoms. The zero-order valence-electron chi connectivity index (χ0n) is 14.1. The number of hydrogen-bond acceptors (Lipinski definition) is 4. The van der Waals surface area contributed by atoms with Crippen LogP contribution in [-0.4, -0.2) is 39.9 Å². The van der Waals surface area contributed by atoms with Crippen molar-refractivity contribution in [3.63, 3.8) is 0 Å². The Morgan fingerprint density at radius 1 is 1.22 bits per heavy atom. The lowest BCUT2D eigenvalue weighted by Crippen LogP contribution is -2.26. The molecule has 0 aliphatic carbocycles. The van der Waals surface area contributed by atoms with Crippen LogP contribution in [0.4, 0.5) is 0 Å². The maximum absolute atomic E-state index is 11.9. The van der Waals surface area contributed by atoms with Gasteiger partial charge in [0.2, 0.25) is 5.91 Å². The SMILES string of the molecule is COc1ccc(CCNC(=O)CCC2CCOCC2)cc1OC. The zero-order chi connectivity index (χ0) is 16.5. The third kappa shape index (κ3) is 5.75. The van der Waals surface area contributed by atoms with E-state index >= 15 is 0 Å². The van der Waals surface area contributed by atoms with Gasteiger partial charge in [-0.15, -0.1) is 0 Å². The molecule has 1 aromatic carbocycles. The Labute approximate surface area is 138 Å². The Bertz CT molecular complexity index is 498. The van der Waals surface area contributed by atoms with Crippen molar-refractivity contribution in [3.8, 4) is 11.5 Å². The second-order valence-electron chi connectivity index (χ2n) is 5.88. The Kier molecular flexibility index (Phi) is 7.20. The van der Waals surface area contributed by atoms with Crippen LogP contribution >= 0.6 is 0 Å². The van der Waals surface area contributed by atoms with Gasteiger partial charge in [0.15, 0.2) is 11.5 Å². The van der Waals surface area contributed by atoms with Crippen molar-refractivity contribution >= 4 is 5.91 Å². The summed E-state index contributed by atoms with van der Waals surface area (Å²) in [6.45, 7) is 2.32. The number of carbonyl (C=O) groups excluding carboxylic acids is 1. The van der Waals surface area contributed by atoms with Crippen molar-refractivity contribution in [2.75, 3.05) is 34.0 Å². The van der Waals surface area contributed by atoms with Gasteiger partial charge in [-0.2, -0.15) is 0 Å². The fourth-order valence-electron chi connectivity index (χ4n) is 2.84. The van der Waals surface area contributed by atoms with Gasteiger partial charge in [0, 0.05) is 26.2 Å². The average molecular weight is 321 g/mol. The molecule has 23 heavy (non-hydrogen) atoms. The molecule has 2 rings (SSSR count). The number of carbonyl (C=O) groups is 1.